The lowest BCUT2D eigenvalue weighted by Crippen LogP contribution is -2.08. The van der Waals surface area contributed by atoms with Crippen LogP contribution < -0.4 is 9.47 Å². The van der Waals surface area contributed by atoms with Crippen molar-refractivity contribution in [2.45, 2.75) is 0 Å². The molecule has 138 valence electrons. The number of ketones is 1. The van der Waals surface area contributed by atoms with Crippen molar-refractivity contribution in [1.82, 2.24) is 0 Å². The van der Waals surface area contributed by atoms with Gasteiger partial charge < -0.3 is 9.47 Å². The highest BCUT2D eigenvalue weighted by atomic mass is 35.5. The van der Waals surface area contributed by atoms with Crippen LogP contribution in [0.15, 0.2) is 72.5 Å². The van der Waals surface area contributed by atoms with Crippen molar-refractivity contribution in [2.24, 2.45) is 0 Å². The van der Waals surface area contributed by atoms with Gasteiger partial charge in [-0.3, -0.25) is 4.79 Å². The van der Waals surface area contributed by atoms with Gasteiger partial charge in [0.05, 0.1) is 11.1 Å². The van der Waals surface area contributed by atoms with Crippen LogP contribution in [0.4, 0.5) is 4.39 Å². The molecule has 0 fully saturated rings. The zero-order valence-electron chi connectivity index (χ0n) is 14.3. The second kappa shape index (κ2) is 7.29. The summed E-state index contributed by atoms with van der Waals surface area (Å²) < 4.78 is 23.9. The van der Waals surface area contributed by atoms with Gasteiger partial charge in [-0.15, -0.1) is 0 Å². The lowest BCUT2D eigenvalue weighted by molar-refractivity contribution is 0.0734. The van der Waals surface area contributed by atoms with Crippen LogP contribution in [-0.2, 0) is 0 Å². The van der Waals surface area contributed by atoms with Gasteiger partial charge >= 0.3 is 5.97 Å². The van der Waals surface area contributed by atoms with Gasteiger partial charge in [-0.1, -0.05) is 23.7 Å². The summed E-state index contributed by atoms with van der Waals surface area (Å²) in [5, 5.41) is 0.594. The third-order valence-corrected chi connectivity index (χ3v) is 4.35. The molecule has 3 aromatic carbocycles. The Kier molecular flexibility index (Phi) is 4.67. The van der Waals surface area contributed by atoms with Crippen molar-refractivity contribution in [3.8, 4) is 11.5 Å². The molecule has 1 heterocycles. The van der Waals surface area contributed by atoms with Crippen molar-refractivity contribution >= 4 is 29.4 Å². The number of allylic oxidation sites excluding steroid dienone is 1. The van der Waals surface area contributed by atoms with E-state index in [0.29, 0.717) is 16.3 Å². The van der Waals surface area contributed by atoms with Gasteiger partial charge in [0.1, 0.15) is 17.3 Å². The zero-order valence-corrected chi connectivity index (χ0v) is 15.1. The van der Waals surface area contributed by atoms with Crippen molar-refractivity contribution in [3.63, 3.8) is 0 Å². The van der Waals surface area contributed by atoms with Crippen LogP contribution in [0, 0.1) is 5.82 Å². The minimum Gasteiger partial charge on any atom is -0.452 e. The molecule has 1 aliphatic heterocycles. The van der Waals surface area contributed by atoms with E-state index in [0.717, 1.165) is 5.56 Å². The first kappa shape index (κ1) is 17.9. The fourth-order valence-electron chi connectivity index (χ4n) is 2.69. The zero-order chi connectivity index (χ0) is 19.7. The summed E-state index contributed by atoms with van der Waals surface area (Å²) in [6.07, 6.45) is 1.61. The molecule has 0 aromatic heterocycles. The minimum atomic E-state index is -0.638. The summed E-state index contributed by atoms with van der Waals surface area (Å²) >= 11 is 5.86. The Morgan fingerprint density at radius 3 is 2.43 bits per heavy atom. The van der Waals surface area contributed by atoms with Gasteiger partial charge in [0.2, 0.25) is 5.78 Å². The van der Waals surface area contributed by atoms with Crippen molar-refractivity contribution < 1.29 is 23.5 Å². The SMILES string of the molecule is O=C(Oc1ccc2c(c1)O/C(=C\c1ccc(Cl)cc1)C2=O)c1ccc(F)cc1. The predicted molar refractivity (Wildman–Crippen MR) is 102 cm³/mol. The van der Waals surface area contributed by atoms with Gasteiger partial charge in [-0.05, 0) is 60.2 Å². The number of hydrogen-bond donors (Lipinski definition) is 0. The number of fused-ring (bicyclic) bond motifs is 1. The molecule has 0 bridgehead atoms. The highest BCUT2D eigenvalue weighted by Gasteiger charge is 2.28. The molecular weight excluding hydrogens is 383 g/mol. The molecule has 0 N–H and O–H groups in total. The molecular formula is C22H12ClFO4. The third kappa shape index (κ3) is 3.66. The first-order valence-electron chi connectivity index (χ1n) is 8.31. The van der Waals surface area contributed by atoms with Gasteiger partial charge in [0.15, 0.2) is 5.76 Å². The van der Waals surface area contributed by atoms with E-state index in [2.05, 4.69) is 0 Å². The maximum Gasteiger partial charge on any atom is 0.343 e. The quantitative estimate of drug-likeness (QED) is 0.343. The Morgan fingerprint density at radius 1 is 1.00 bits per heavy atom. The number of esters is 1. The van der Waals surface area contributed by atoms with Crippen LogP contribution in [0.25, 0.3) is 6.08 Å². The molecule has 0 saturated carbocycles. The van der Waals surface area contributed by atoms with Crippen LogP contribution in [0.3, 0.4) is 0 Å². The van der Waals surface area contributed by atoms with E-state index in [4.69, 9.17) is 21.1 Å². The molecule has 0 amide bonds. The van der Waals surface area contributed by atoms with E-state index in [9.17, 15) is 14.0 Å². The Bertz CT molecular complexity index is 1100. The fraction of sp³-hybridized carbons (Fsp3) is 0. The van der Waals surface area contributed by atoms with Crippen LogP contribution >= 0.6 is 11.6 Å². The van der Waals surface area contributed by atoms with Crippen molar-refractivity contribution in [2.75, 3.05) is 0 Å². The molecule has 0 spiro atoms. The first-order chi connectivity index (χ1) is 13.5. The summed E-state index contributed by atoms with van der Waals surface area (Å²) in [5.74, 6) is -0.661. The third-order valence-electron chi connectivity index (χ3n) is 4.10. The summed E-state index contributed by atoms with van der Waals surface area (Å²) in [4.78, 5) is 24.6. The summed E-state index contributed by atoms with van der Waals surface area (Å²) in [5.41, 5.74) is 1.35. The fourth-order valence-corrected chi connectivity index (χ4v) is 2.82. The van der Waals surface area contributed by atoms with E-state index < -0.39 is 11.8 Å². The lowest BCUT2D eigenvalue weighted by Gasteiger charge is -2.05. The van der Waals surface area contributed by atoms with Crippen LogP contribution in [0.5, 0.6) is 11.5 Å². The molecule has 0 atom stereocenters. The second-order valence-electron chi connectivity index (χ2n) is 6.05. The Hall–Kier alpha value is -3.44. The number of halogens is 2. The van der Waals surface area contributed by atoms with Gasteiger partial charge in [0.25, 0.3) is 0 Å². The highest BCUT2D eigenvalue weighted by molar-refractivity contribution is 6.30. The Balaban J connectivity index is 1.54. The second-order valence-corrected chi connectivity index (χ2v) is 6.48. The van der Waals surface area contributed by atoms with E-state index in [1.54, 1.807) is 30.3 Å². The lowest BCUT2D eigenvalue weighted by atomic mass is 10.1. The van der Waals surface area contributed by atoms with Crippen LogP contribution in [0.2, 0.25) is 5.02 Å². The largest absolute Gasteiger partial charge is 0.452 e. The number of carbonyl (C=O) groups excluding carboxylic acids is 2. The molecule has 4 rings (SSSR count). The summed E-state index contributed by atoms with van der Waals surface area (Å²) in [7, 11) is 0. The van der Waals surface area contributed by atoms with E-state index in [-0.39, 0.29) is 22.9 Å². The number of rotatable bonds is 3. The van der Waals surface area contributed by atoms with E-state index in [1.165, 1.54) is 42.5 Å². The first-order valence-corrected chi connectivity index (χ1v) is 8.69. The molecule has 3 aromatic rings. The minimum absolute atomic E-state index is 0.166. The number of ether oxygens (including phenoxy) is 2. The van der Waals surface area contributed by atoms with Crippen molar-refractivity contribution in [1.29, 1.82) is 0 Å². The smallest absolute Gasteiger partial charge is 0.343 e. The monoisotopic (exact) mass is 394 g/mol. The van der Waals surface area contributed by atoms with Gasteiger partial charge in [0, 0.05) is 11.1 Å². The van der Waals surface area contributed by atoms with Crippen LogP contribution in [-0.4, -0.2) is 11.8 Å². The number of benzene rings is 3. The summed E-state index contributed by atoms with van der Waals surface area (Å²) in [6.45, 7) is 0. The maximum absolute atomic E-state index is 13.0. The molecule has 28 heavy (non-hydrogen) atoms. The van der Waals surface area contributed by atoms with E-state index >= 15 is 0 Å². The summed E-state index contributed by atoms with van der Waals surface area (Å²) in [6, 6.07) is 16.5. The maximum atomic E-state index is 13.0. The molecule has 0 aliphatic carbocycles. The molecule has 4 nitrogen and oxygen atoms in total. The molecule has 0 saturated heterocycles. The van der Waals surface area contributed by atoms with Gasteiger partial charge in [-0.2, -0.15) is 0 Å². The Labute approximate surface area is 164 Å². The predicted octanol–water partition coefficient (Wildman–Crippen LogP) is 5.31. The highest BCUT2D eigenvalue weighted by Crippen LogP contribution is 2.35. The average Bonchev–Trinajstić information content (AvgIpc) is 2.99. The standard InChI is InChI=1S/C22H12ClFO4/c23-15-5-1-13(2-6-15)11-20-21(25)18-10-9-17(12-19(18)28-20)27-22(26)14-3-7-16(24)8-4-14/h1-12H/b20-11-. The van der Waals surface area contributed by atoms with Crippen LogP contribution in [0.1, 0.15) is 26.3 Å². The number of carbonyl (C=O) groups is 2. The normalized spacial score (nSPS) is 13.9. The average molecular weight is 395 g/mol. The molecule has 6 heteroatoms. The molecule has 0 radical (unpaired) electrons. The molecule has 0 unspecified atom stereocenters. The van der Waals surface area contributed by atoms with E-state index in [1.807, 2.05) is 0 Å². The van der Waals surface area contributed by atoms with Gasteiger partial charge in [-0.25, -0.2) is 9.18 Å². The van der Waals surface area contributed by atoms with Crippen molar-refractivity contribution in [3.05, 3.63) is 100 Å². The number of hydrogen-bond acceptors (Lipinski definition) is 4. The molecule has 1 aliphatic rings. The topological polar surface area (TPSA) is 52.6 Å². The number of Topliss-reactive ketones (excluding diaryl/α,β-unsaturated/α-hetero) is 1. The Morgan fingerprint density at radius 2 is 1.71 bits per heavy atom.